The van der Waals surface area contributed by atoms with Gasteiger partial charge in [-0.3, -0.25) is 0 Å². The lowest BCUT2D eigenvalue weighted by Crippen LogP contribution is -2.27. The number of esters is 1. The molecule has 0 aromatic heterocycles. The second kappa shape index (κ2) is 5.34. The first-order valence-electron chi connectivity index (χ1n) is 4.34. The number of hydrogen-bond donors (Lipinski definition) is 0. The summed E-state index contributed by atoms with van der Waals surface area (Å²) >= 11 is 3.00. The van der Waals surface area contributed by atoms with E-state index in [1.165, 1.54) is 0 Å². The van der Waals surface area contributed by atoms with Crippen LogP contribution in [0.4, 0.5) is 13.2 Å². The Morgan fingerprint density at radius 3 is 2.31 bits per heavy atom. The Balaban J connectivity index is 2.75. The minimum atomic E-state index is -4.96. The lowest BCUT2D eigenvalue weighted by Gasteiger charge is -2.16. The zero-order valence-electron chi connectivity index (χ0n) is 8.00. The lowest BCUT2D eigenvalue weighted by molar-refractivity contribution is -0.204. The molecule has 0 amide bonds. The maximum absolute atomic E-state index is 12.0. The average molecular weight is 299 g/mol. The predicted octanol–water partition coefficient (Wildman–Crippen LogP) is 3.23. The van der Waals surface area contributed by atoms with Crippen LogP contribution in [0.25, 0.3) is 0 Å². The highest BCUT2D eigenvalue weighted by atomic mass is 79.9. The Bertz CT molecular complexity index is 351. The molecule has 0 aliphatic heterocycles. The first-order chi connectivity index (χ1) is 7.45. The Hall–Kier alpha value is -1.04. The van der Waals surface area contributed by atoms with E-state index in [1.54, 1.807) is 30.3 Å². The van der Waals surface area contributed by atoms with Gasteiger partial charge in [0.1, 0.15) is 6.10 Å². The molecule has 0 bridgehead atoms. The number of benzene rings is 1. The largest absolute Gasteiger partial charge is 0.490 e. The van der Waals surface area contributed by atoms with Crippen LogP contribution in [0.5, 0.6) is 0 Å². The number of hydrogen-bond acceptors (Lipinski definition) is 2. The fourth-order valence-corrected chi connectivity index (χ4v) is 1.56. The topological polar surface area (TPSA) is 26.3 Å². The van der Waals surface area contributed by atoms with E-state index in [4.69, 9.17) is 0 Å². The normalized spacial score (nSPS) is 13.2. The van der Waals surface area contributed by atoms with Gasteiger partial charge in [0.25, 0.3) is 0 Å². The van der Waals surface area contributed by atoms with Crippen molar-refractivity contribution < 1.29 is 22.7 Å². The van der Waals surface area contributed by atoms with Crippen LogP contribution in [-0.4, -0.2) is 17.5 Å². The third-order valence-corrected chi connectivity index (χ3v) is 2.38. The molecule has 0 aliphatic carbocycles. The fraction of sp³-hybridized carbons (Fsp3) is 0.300. The molecule has 2 nitrogen and oxygen atoms in total. The van der Waals surface area contributed by atoms with Gasteiger partial charge in [-0.1, -0.05) is 46.3 Å². The van der Waals surface area contributed by atoms with E-state index in [-0.39, 0.29) is 5.33 Å². The van der Waals surface area contributed by atoms with Crippen molar-refractivity contribution in [3.05, 3.63) is 35.9 Å². The van der Waals surface area contributed by atoms with Crippen LogP contribution in [0.2, 0.25) is 0 Å². The molecule has 0 saturated heterocycles. The van der Waals surface area contributed by atoms with Crippen LogP contribution in [0.15, 0.2) is 30.3 Å². The highest BCUT2D eigenvalue weighted by Gasteiger charge is 2.42. The van der Waals surface area contributed by atoms with Gasteiger partial charge in [0.2, 0.25) is 0 Å². The summed E-state index contributed by atoms with van der Waals surface area (Å²) in [6.45, 7) is 0. The summed E-state index contributed by atoms with van der Waals surface area (Å²) in [6, 6.07) is 8.23. The summed E-state index contributed by atoms with van der Waals surface area (Å²) in [4.78, 5) is 10.6. The molecule has 1 atom stereocenters. The van der Waals surface area contributed by atoms with Gasteiger partial charge in [-0.2, -0.15) is 13.2 Å². The molecule has 0 aliphatic rings. The van der Waals surface area contributed by atoms with Gasteiger partial charge in [-0.25, -0.2) is 4.79 Å². The van der Waals surface area contributed by atoms with Gasteiger partial charge in [0.15, 0.2) is 0 Å². The summed E-state index contributed by atoms with van der Waals surface area (Å²) in [5.41, 5.74) is 0.511. The first-order valence-corrected chi connectivity index (χ1v) is 5.46. The molecule has 0 fully saturated rings. The predicted molar refractivity (Wildman–Crippen MR) is 55.1 cm³/mol. The summed E-state index contributed by atoms with van der Waals surface area (Å²) < 4.78 is 40.3. The molecule has 88 valence electrons. The van der Waals surface area contributed by atoms with Crippen LogP contribution in [-0.2, 0) is 9.53 Å². The number of alkyl halides is 4. The molecular weight excluding hydrogens is 291 g/mol. The molecule has 6 heteroatoms. The van der Waals surface area contributed by atoms with Crippen LogP contribution in [0.3, 0.4) is 0 Å². The van der Waals surface area contributed by atoms with E-state index in [2.05, 4.69) is 20.7 Å². The molecule has 1 unspecified atom stereocenters. The number of carbonyl (C=O) groups is 1. The fourth-order valence-electron chi connectivity index (χ4n) is 1.05. The van der Waals surface area contributed by atoms with E-state index in [1.807, 2.05) is 0 Å². The van der Waals surface area contributed by atoms with Crippen molar-refractivity contribution in [1.82, 2.24) is 0 Å². The number of rotatable bonds is 3. The smallest absolute Gasteiger partial charge is 0.450 e. The summed E-state index contributed by atoms with van der Waals surface area (Å²) in [5.74, 6) is -2.18. The highest BCUT2D eigenvalue weighted by Crippen LogP contribution is 2.25. The van der Waals surface area contributed by atoms with Gasteiger partial charge in [0, 0.05) is 5.33 Å². The van der Waals surface area contributed by atoms with Crippen molar-refractivity contribution in [3.63, 3.8) is 0 Å². The molecule has 0 saturated carbocycles. The molecule has 0 radical (unpaired) electrons. The zero-order chi connectivity index (χ0) is 12.2. The van der Waals surface area contributed by atoms with Crippen molar-refractivity contribution in [2.75, 3.05) is 5.33 Å². The van der Waals surface area contributed by atoms with E-state index >= 15 is 0 Å². The Labute approximate surface area is 98.5 Å². The van der Waals surface area contributed by atoms with E-state index in [0.717, 1.165) is 0 Å². The number of ether oxygens (including phenoxy) is 1. The van der Waals surface area contributed by atoms with Crippen molar-refractivity contribution >= 4 is 21.9 Å². The lowest BCUT2D eigenvalue weighted by atomic mass is 10.1. The molecule has 16 heavy (non-hydrogen) atoms. The second-order valence-electron chi connectivity index (χ2n) is 2.96. The van der Waals surface area contributed by atoms with Crippen molar-refractivity contribution in [2.45, 2.75) is 12.3 Å². The standard InChI is InChI=1S/C10H8BrF3O2/c11-6-8(7-4-2-1-3-5-7)16-9(15)10(12,13)14/h1-5,8H,6H2/i16+2. The quantitative estimate of drug-likeness (QED) is 0.486. The van der Waals surface area contributed by atoms with Crippen LogP contribution >= 0.6 is 15.9 Å². The van der Waals surface area contributed by atoms with Gasteiger partial charge >= 0.3 is 12.1 Å². The third-order valence-electron chi connectivity index (χ3n) is 1.79. The Kier molecular flexibility index (Phi) is 4.35. The molecule has 1 aromatic rings. The van der Waals surface area contributed by atoms with E-state index in [9.17, 15) is 18.0 Å². The van der Waals surface area contributed by atoms with Gasteiger partial charge < -0.3 is 4.74 Å². The third kappa shape index (κ3) is 3.52. The molecular formula is C10H8BrF3O2. The van der Waals surface area contributed by atoms with Gasteiger partial charge in [-0.15, -0.1) is 0 Å². The SMILES string of the molecule is O=C([18O]C(CBr)c1ccccc1)C(F)(F)F. The average Bonchev–Trinajstić information content (AvgIpc) is 2.25. The Morgan fingerprint density at radius 1 is 1.31 bits per heavy atom. The monoisotopic (exact) mass is 298 g/mol. The second-order valence-corrected chi connectivity index (χ2v) is 3.60. The minimum absolute atomic E-state index is 0.110. The highest BCUT2D eigenvalue weighted by molar-refractivity contribution is 9.09. The van der Waals surface area contributed by atoms with Gasteiger partial charge in [0.05, 0.1) is 0 Å². The minimum Gasteiger partial charge on any atom is -0.450 e. The summed E-state index contributed by atoms with van der Waals surface area (Å²) in [6.07, 6.45) is -5.90. The van der Waals surface area contributed by atoms with Crippen LogP contribution in [0, 0.1) is 0 Å². The number of halogens is 4. The van der Waals surface area contributed by atoms with Crippen molar-refractivity contribution in [1.29, 1.82) is 0 Å². The summed E-state index contributed by atoms with van der Waals surface area (Å²) in [5, 5.41) is 0.110. The van der Waals surface area contributed by atoms with E-state index in [0.29, 0.717) is 5.56 Å². The maximum Gasteiger partial charge on any atom is 0.490 e. The molecule has 0 heterocycles. The summed E-state index contributed by atoms with van der Waals surface area (Å²) in [7, 11) is 0. The Morgan fingerprint density at radius 2 is 1.88 bits per heavy atom. The van der Waals surface area contributed by atoms with Crippen LogP contribution < -0.4 is 0 Å². The van der Waals surface area contributed by atoms with Crippen molar-refractivity contribution in [3.8, 4) is 0 Å². The van der Waals surface area contributed by atoms with Crippen molar-refractivity contribution in [2.24, 2.45) is 0 Å². The van der Waals surface area contributed by atoms with Crippen LogP contribution in [0.1, 0.15) is 11.7 Å². The van der Waals surface area contributed by atoms with Gasteiger partial charge in [-0.05, 0) is 5.56 Å². The maximum atomic E-state index is 12.0. The molecule has 1 aromatic carbocycles. The van der Waals surface area contributed by atoms with E-state index < -0.39 is 18.2 Å². The number of carbonyl (C=O) groups excluding carboxylic acids is 1. The molecule has 0 spiro atoms. The zero-order valence-corrected chi connectivity index (χ0v) is 9.59. The molecule has 1 rings (SSSR count). The molecule has 0 N–H and O–H groups in total. The first kappa shape index (κ1) is 13.0.